The van der Waals surface area contributed by atoms with E-state index in [1.807, 2.05) is 58.2 Å². The van der Waals surface area contributed by atoms with Crippen molar-refractivity contribution in [1.29, 1.82) is 0 Å². The maximum absolute atomic E-state index is 11.9. The van der Waals surface area contributed by atoms with E-state index < -0.39 is 11.9 Å². The number of hydrogen-bond acceptors (Lipinski definition) is 8. The second kappa shape index (κ2) is 13.7. The minimum absolute atomic E-state index is 0.236. The van der Waals surface area contributed by atoms with Gasteiger partial charge in [-0.3, -0.25) is 28.9 Å². The van der Waals surface area contributed by atoms with E-state index in [0.29, 0.717) is 25.9 Å². The Morgan fingerprint density at radius 3 is 1.62 bits per heavy atom. The molecule has 4 heterocycles. The topological polar surface area (TPSA) is 114 Å². The van der Waals surface area contributed by atoms with Gasteiger partial charge in [0.15, 0.2) is 0 Å². The van der Waals surface area contributed by atoms with Gasteiger partial charge in [0, 0.05) is 24.8 Å². The summed E-state index contributed by atoms with van der Waals surface area (Å²) < 4.78 is 14.0. The molecule has 0 atom stereocenters. The Hall–Kier alpha value is -4.34. The molecular weight excluding hydrogens is 472 g/mol. The third-order valence-corrected chi connectivity index (χ3v) is 5.51. The minimum atomic E-state index is -0.577. The molecule has 0 radical (unpaired) electrons. The van der Waals surface area contributed by atoms with Gasteiger partial charge in [0.1, 0.15) is 6.42 Å². The van der Waals surface area contributed by atoms with Gasteiger partial charge in [-0.25, -0.2) is 0 Å². The standard InChI is InChI=1S/C27H30N6O4/c34-26(36-13-5-7-22-16-30-32(18-22)20-24-9-1-3-11-28-24)15-27(35)37-14-6-8-23-17-31-33(19-23)21-25-10-2-4-12-29-25/h1-4,9-12,16-19H,5-8,13-15,20-21H2. The van der Waals surface area contributed by atoms with Crippen molar-refractivity contribution in [2.24, 2.45) is 0 Å². The van der Waals surface area contributed by atoms with Crippen molar-refractivity contribution < 1.29 is 19.1 Å². The summed E-state index contributed by atoms with van der Waals surface area (Å²) in [6.07, 6.45) is 13.4. The van der Waals surface area contributed by atoms with Crippen molar-refractivity contribution in [2.45, 2.75) is 45.2 Å². The van der Waals surface area contributed by atoms with Crippen molar-refractivity contribution in [3.8, 4) is 0 Å². The number of rotatable bonds is 14. The molecule has 10 heteroatoms. The quantitative estimate of drug-likeness (QED) is 0.147. The van der Waals surface area contributed by atoms with Crippen molar-refractivity contribution >= 4 is 11.9 Å². The lowest BCUT2D eigenvalue weighted by Crippen LogP contribution is -2.15. The average Bonchev–Trinajstić information content (AvgIpc) is 3.55. The summed E-state index contributed by atoms with van der Waals surface area (Å²) in [5.74, 6) is -1.15. The smallest absolute Gasteiger partial charge is 0.317 e. The van der Waals surface area contributed by atoms with Gasteiger partial charge in [0.05, 0.1) is 50.1 Å². The molecule has 0 aliphatic carbocycles. The number of ether oxygens (including phenoxy) is 2. The van der Waals surface area contributed by atoms with Crippen LogP contribution >= 0.6 is 0 Å². The van der Waals surface area contributed by atoms with Crippen LogP contribution in [0.3, 0.4) is 0 Å². The first kappa shape index (κ1) is 25.7. The number of carbonyl (C=O) groups excluding carboxylic acids is 2. The molecule has 4 aromatic heterocycles. The summed E-state index contributed by atoms with van der Waals surface area (Å²) in [5.41, 5.74) is 3.97. The van der Waals surface area contributed by atoms with E-state index in [2.05, 4.69) is 20.2 Å². The van der Waals surface area contributed by atoms with Crippen LogP contribution in [0, 0.1) is 0 Å². The Morgan fingerprint density at radius 2 is 1.19 bits per heavy atom. The number of nitrogens with zero attached hydrogens (tertiary/aromatic N) is 6. The molecule has 0 bridgehead atoms. The molecule has 0 fully saturated rings. The van der Waals surface area contributed by atoms with Crippen LogP contribution in [0.2, 0.25) is 0 Å². The van der Waals surface area contributed by atoms with Gasteiger partial charge in [-0.15, -0.1) is 0 Å². The number of esters is 2. The molecular formula is C27H30N6O4. The van der Waals surface area contributed by atoms with Gasteiger partial charge in [0.2, 0.25) is 0 Å². The van der Waals surface area contributed by atoms with Crippen LogP contribution in [-0.4, -0.2) is 54.7 Å². The van der Waals surface area contributed by atoms with Crippen molar-refractivity contribution in [1.82, 2.24) is 29.5 Å². The second-order valence-corrected chi connectivity index (χ2v) is 8.56. The van der Waals surface area contributed by atoms with Crippen molar-refractivity contribution in [3.63, 3.8) is 0 Å². The van der Waals surface area contributed by atoms with E-state index in [9.17, 15) is 9.59 Å². The average molecular weight is 503 g/mol. The molecule has 0 spiro atoms. The highest BCUT2D eigenvalue weighted by Gasteiger charge is 2.12. The minimum Gasteiger partial charge on any atom is -0.465 e. The Labute approximate surface area is 215 Å². The third-order valence-electron chi connectivity index (χ3n) is 5.51. The summed E-state index contributed by atoms with van der Waals surface area (Å²) in [5, 5.41) is 8.68. The molecule has 37 heavy (non-hydrogen) atoms. The molecule has 0 unspecified atom stereocenters. The Morgan fingerprint density at radius 1 is 0.703 bits per heavy atom. The lowest BCUT2D eigenvalue weighted by Gasteiger charge is -2.05. The molecule has 4 rings (SSSR count). The van der Waals surface area contributed by atoms with E-state index in [0.717, 1.165) is 35.4 Å². The first-order valence-corrected chi connectivity index (χ1v) is 12.3. The summed E-state index contributed by atoms with van der Waals surface area (Å²) in [6.45, 7) is 1.68. The van der Waals surface area contributed by atoms with Crippen LogP contribution in [0.4, 0.5) is 0 Å². The third kappa shape index (κ3) is 8.99. The lowest BCUT2D eigenvalue weighted by molar-refractivity contribution is -0.154. The van der Waals surface area contributed by atoms with E-state index in [1.165, 1.54) is 0 Å². The second-order valence-electron chi connectivity index (χ2n) is 8.56. The van der Waals surface area contributed by atoms with Crippen LogP contribution < -0.4 is 0 Å². The molecule has 0 amide bonds. The number of hydrogen-bond donors (Lipinski definition) is 0. The fourth-order valence-corrected chi connectivity index (χ4v) is 3.70. The van der Waals surface area contributed by atoms with Gasteiger partial charge in [-0.05, 0) is 61.1 Å². The monoisotopic (exact) mass is 502 g/mol. The molecule has 0 saturated carbocycles. The molecule has 192 valence electrons. The van der Waals surface area contributed by atoms with Gasteiger partial charge >= 0.3 is 11.9 Å². The first-order chi connectivity index (χ1) is 18.1. The number of carbonyl (C=O) groups is 2. The molecule has 0 aliphatic rings. The largest absolute Gasteiger partial charge is 0.465 e. The van der Waals surface area contributed by atoms with Crippen LogP contribution in [-0.2, 0) is 45.0 Å². The van der Waals surface area contributed by atoms with Crippen molar-refractivity contribution in [2.75, 3.05) is 13.2 Å². The molecule has 0 aliphatic heterocycles. The van der Waals surface area contributed by atoms with Crippen molar-refractivity contribution in [3.05, 3.63) is 96.1 Å². The highest BCUT2D eigenvalue weighted by atomic mass is 16.6. The van der Waals surface area contributed by atoms with Crippen LogP contribution in [0.5, 0.6) is 0 Å². The van der Waals surface area contributed by atoms with E-state index >= 15 is 0 Å². The number of pyridine rings is 2. The highest BCUT2D eigenvalue weighted by Crippen LogP contribution is 2.07. The fraction of sp³-hybridized carbons (Fsp3) is 0.333. The molecule has 0 saturated heterocycles. The summed E-state index contributed by atoms with van der Waals surface area (Å²) in [7, 11) is 0. The summed E-state index contributed by atoms with van der Waals surface area (Å²) >= 11 is 0. The predicted molar refractivity (Wildman–Crippen MR) is 134 cm³/mol. The summed E-state index contributed by atoms with van der Waals surface area (Å²) in [6, 6.07) is 11.5. The van der Waals surface area contributed by atoms with E-state index in [-0.39, 0.29) is 19.6 Å². The Bertz CT molecular complexity index is 1160. The van der Waals surface area contributed by atoms with E-state index in [4.69, 9.17) is 9.47 Å². The van der Waals surface area contributed by atoms with Crippen LogP contribution in [0.1, 0.15) is 41.8 Å². The highest BCUT2D eigenvalue weighted by molar-refractivity contribution is 5.91. The fourth-order valence-electron chi connectivity index (χ4n) is 3.70. The van der Waals surface area contributed by atoms with Gasteiger partial charge in [-0.1, -0.05) is 12.1 Å². The van der Waals surface area contributed by atoms with Crippen LogP contribution in [0.25, 0.3) is 0 Å². The molecule has 4 aromatic rings. The Balaban J connectivity index is 1.04. The van der Waals surface area contributed by atoms with Gasteiger partial charge in [-0.2, -0.15) is 10.2 Å². The predicted octanol–water partition coefficient (Wildman–Crippen LogP) is 3.01. The Kier molecular flexibility index (Phi) is 9.51. The SMILES string of the molecule is O=C(CC(=O)OCCCc1cnn(Cc2ccccn2)c1)OCCCc1cnn(Cc2ccccn2)c1. The molecule has 10 nitrogen and oxygen atoms in total. The zero-order chi connectivity index (χ0) is 25.7. The van der Waals surface area contributed by atoms with Gasteiger partial charge < -0.3 is 9.47 Å². The molecule has 0 aromatic carbocycles. The zero-order valence-electron chi connectivity index (χ0n) is 20.6. The number of aromatic nitrogens is 6. The van der Waals surface area contributed by atoms with E-state index in [1.54, 1.807) is 24.8 Å². The van der Waals surface area contributed by atoms with Gasteiger partial charge in [0.25, 0.3) is 0 Å². The summed E-state index contributed by atoms with van der Waals surface area (Å²) in [4.78, 5) is 32.4. The normalized spacial score (nSPS) is 10.8. The zero-order valence-corrected chi connectivity index (χ0v) is 20.6. The maximum atomic E-state index is 11.9. The number of aryl methyl sites for hydroxylation is 2. The lowest BCUT2D eigenvalue weighted by atomic mass is 10.2. The maximum Gasteiger partial charge on any atom is 0.317 e. The first-order valence-electron chi connectivity index (χ1n) is 12.3. The van der Waals surface area contributed by atoms with Crippen LogP contribution in [0.15, 0.2) is 73.6 Å². The molecule has 0 N–H and O–H groups in total.